The van der Waals surface area contributed by atoms with Crippen molar-refractivity contribution in [3.63, 3.8) is 0 Å². The van der Waals surface area contributed by atoms with Gasteiger partial charge in [0.1, 0.15) is 5.75 Å². The number of nitrogens with two attached hydrogens (primary N) is 1. The summed E-state index contributed by atoms with van der Waals surface area (Å²) < 4.78 is 5.16. The van der Waals surface area contributed by atoms with Gasteiger partial charge in [-0.25, -0.2) is 0 Å². The SMILES string of the molecule is COc1ccc(CCC(=O)NC2C3CCCC2CC(N)C3)cc1Cl.Cl. The van der Waals surface area contributed by atoms with Crippen molar-refractivity contribution in [1.29, 1.82) is 0 Å². The molecule has 25 heavy (non-hydrogen) atoms. The Kier molecular flexibility index (Phi) is 7.41. The molecule has 0 aliphatic heterocycles. The highest BCUT2D eigenvalue weighted by molar-refractivity contribution is 6.32. The normalized spacial score (nSPS) is 28.0. The van der Waals surface area contributed by atoms with Crippen LogP contribution in [0.5, 0.6) is 5.75 Å². The molecule has 6 heteroatoms. The van der Waals surface area contributed by atoms with Gasteiger partial charge in [-0.05, 0) is 61.6 Å². The molecule has 3 N–H and O–H groups in total. The first-order valence-corrected chi connectivity index (χ1v) is 9.32. The standard InChI is InChI=1S/C19H27ClN2O2.ClH/c1-24-17-7-5-12(9-16(17)20)6-8-18(23)22-19-13-3-2-4-14(19)11-15(21)10-13;/h5,7,9,13-15,19H,2-4,6,8,10-11,21H2,1H3,(H,22,23);1H. The van der Waals surface area contributed by atoms with E-state index in [1.165, 1.54) is 19.3 Å². The summed E-state index contributed by atoms with van der Waals surface area (Å²) in [6, 6.07) is 6.33. The number of carbonyl (C=O) groups excluding carboxylic acids is 1. The van der Waals surface area contributed by atoms with Crippen molar-refractivity contribution in [2.75, 3.05) is 7.11 Å². The molecule has 4 nitrogen and oxygen atoms in total. The van der Waals surface area contributed by atoms with Gasteiger partial charge in [0.25, 0.3) is 0 Å². The molecule has 1 aromatic rings. The first-order chi connectivity index (χ1) is 11.6. The van der Waals surface area contributed by atoms with Crippen molar-refractivity contribution in [3.8, 4) is 5.75 Å². The van der Waals surface area contributed by atoms with Gasteiger partial charge in [-0.2, -0.15) is 0 Å². The zero-order chi connectivity index (χ0) is 17.1. The molecule has 2 aliphatic carbocycles. The van der Waals surface area contributed by atoms with Gasteiger partial charge < -0.3 is 15.8 Å². The molecule has 3 rings (SSSR count). The fourth-order valence-corrected chi connectivity index (χ4v) is 4.69. The molecule has 2 saturated carbocycles. The topological polar surface area (TPSA) is 64.3 Å². The van der Waals surface area contributed by atoms with Crippen molar-refractivity contribution in [1.82, 2.24) is 5.32 Å². The predicted octanol–water partition coefficient (Wildman–Crippen LogP) is 3.73. The van der Waals surface area contributed by atoms with E-state index in [2.05, 4.69) is 5.32 Å². The zero-order valence-electron chi connectivity index (χ0n) is 14.7. The maximum atomic E-state index is 12.4. The Morgan fingerprint density at radius 1 is 1.32 bits per heavy atom. The van der Waals surface area contributed by atoms with Crippen LogP contribution in [0.1, 0.15) is 44.1 Å². The van der Waals surface area contributed by atoms with Crippen LogP contribution in [0.25, 0.3) is 0 Å². The minimum Gasteiger partial charge on any atom is -0.495 e. The summed E-state index contributed by atoms with van der Waals surface area (Å²) in [5.74, 6) is 1.93. The molecule has 2 atom stereocenters. The van der Waals surface area contributed by atoms with Gasteiger partial charge in [0.15, 0.2) is 0 Å². The number of fused-ring (bicyclic) bond motifs is 2. The summed E-state index contributed by atoms with van der Waals surface area (Å²) >= 11 is 6.14. The van der Waals surface area contributed by atoms with Gasteiger partial charge in [-0.15, -0.1) is 12.4 Å². The van der Waals surface area contributed by atoms with Crippen LogP contribution in [-0.4, -0.2) is 25.1 Å². The van der Waals surface area contributed by atoms with Crippen LogP contribution in [0.4, 0.5) is 0 Å². The van der Waals surface area contributed by atoms with Crippen molar-refractivity contribution < 1.29 is 9.53 Å². The van der Waals surface area contributed by atoms with E-state index in [0.29, 0.717) is 47.5 Å². The Morgan fingerprint density at radius 3 is 2.60 bits per heavy atom. The van der Waals surface area contributed by atoms with Gasteiger partial charge in [0.05, 0.1) is 12.1 Å². The summed E-state index contributed by atoms with van der Waals surface area (Å²) in [6.07, 6.45) is 6.96. The molecule has 0 radical (unpaired) electrons. The van der Waals surface area contributed by atoms with Crippen LogP contribution in [0.2, 0.25) is 5.02 Å². The molecule has 0 saturated heterocycles. The quantitative estimate of drug-likeness (QED) is 0.809. The maximum Gasteiger partial charge on any atom is 0.220 e. The molecule has 0 aromatic heterocycles. The first kappa shape index (κ1) is 20.3. The second-order valence-electron chi connectivity index (χ2n) is 7.24. The molecule has 2 aliphatic rings. The van der Waals surface area contributed by atoms with Crippen LogP contribution in [0.3, 0.4) is 0 Å². The lowest BCUT2D eigenvalue weighted by atomic mass is 9.67. The Hall–Kier alpha value is -0.970. The number of methoxy groups -OCH3 is 1. The van der Waals surface area contributed by atoms with E-state index in [-0.39, 0.29) is 18.3 Å². The number of hydrogen-bond donors (Lipinski definition) is 2. The van der Waals surface area contributed by atoms with E-state index < -0.39 is 0 Å². The number of benzene rings is 1. The van der Waals surface area contributed by atoms with Crippen molar-refractivity contribution in [2.24, 2.45) is 17.6 Å². The highest BCUT2D eigenvalue weighted by atomic mass is 35.5. The van der Waals surface area contributed by atoms with Crippen LogP contribution < -0.4 is 15.8 Å². The Balaban J connectivity index is 0.00000225. The number of carbonyl (C=O) groups is 1. The van der Waals surface area contributed by atoms with Gasteiger partial charge in [0, 0.05) is 18.5 Å². The summed E-state index contributed by atoms with van der Waals surface area (Å²) in [5.41, 5.74) is 7.21. The third kappa shape index (κ3) is 5.02. The van der Waals surface area contributed by atoms with Crippen LogP contribution in [0.15, 0.2) is 18.2 Å². The fraction of sp³-hybridized carbons (Fsp3) is 0.632. The minimum atomic E-state index is 0. The summed E-state index contributed by atoms with van der Waals surface area (Å²) in [5, 5.41) is 3.89. The van der Waals surface area contributed by atoms with Gasteiger partial charge in [-0.1, -0.05) is 24.1 Å². The molecule has 0 heterocycles. The number of hydrogen-bond acceptors (Lipinski definition) is 3. The third-order valence-electron chi connectivity index (χ3n) is 5.56. The summed E-state index contributed by atoms with van der Waals surface area (Å²) in [4.78, 5) is 12.4. The largest absolute Gasteiger partial charge is 0.495 e. The third-order valence-corrected chi connectivity index (χ3v) is 5.86. The molecule has 1 amide bonds. The lowest BCUT2D eigenvalue weighted by Gasteiger charge is -2.45. The second-order valence-corrected chi connectivity index (χ2v) is 7.65. The lowest BCUT2D eigenvalue weighted by molar-refractivity contribution is -0.123. The van der Waals surface area contributed by atoms with Crippen LogP contribution >= 0.6 is 24.0 Å². The molecule has 2 unspecified atom stereocenters. The molecule has 2 bridgehead atoms. The van der Waals surface area contributed by atoms with E-state index in [4.69, 9.17) is 22.1 Å². The average molecular weight is 387 g/mol. The Bertz CT molecular complexity index is 583. The van der Waals surface area contributed by atoms with E-state index in [9.17, 15) is 4.79 Å². The van der Waals surface area contributed by atoms with Gasteiger partial charge >= 0.3 is 0 Å². The van der Waals surface area contributed by atoms with E-state index in [0.717, 1.165) is 18.4 Å². The average Bonchev–Trinajstić information content (AvgIpc) is 2.54. The minimum absolute atomic E-state index is 0. The Labute approximate surface area is 161 Å². The number of ether oxygens (including phenoxy) is 1. The molecule has 140 valence electrons. The van der Waals surface area contributed by atoms with E-state index in [1.807, 2.05) is 18.2 Å². The van der Waals surface area contributed by atoms with E-state index in [1.54, 1.807) is 7.11 Å². The molecule has 2 fully saturated rings. The maximum absolute atomic E-state index is 12.4. The number of halogens is 2. The number of rotatable bonds is 5. The fourth-order valence-electron chi connectivity index (χ4n) is 4.41. The molecule has 0 spiro atoms. The van der Waals surface area contributed by atoms with Crippen molar-refractivity contribution in [2.45, 2.75) is 57.0 Å². The second kappa shape index (κ2) is 9.11. The molecular weight excluding hydrogens is 359 g/mol. The predicted molar refractivity (Wildman–Crippen MR) is 104 cm³/mol. The van der Waals surface area contributed by atoms with Gasteiger partial charge in [-0.3, -0.25) is 4.79 Å². The van der Waals surface area contributed by atoms with Gasteiger partial charge in [0.2, 0.25) is 5.91 Å². The number of nitrogens with one attached hydrogen (secondary N) is 1. The van der Waals surface area contributed by atoms with Crippen LogP contribution in [-0.2, 0) is 11.2 Å². The summed E-state index contributed by atoms with van der Waals surface area (Å²) in [6.45, 7) is 0. The smallest absolute Gasteiger partial charge is 0.220 e. The first-order valence-electron chi connectivity index (χ1n) is 8.94. The monoisotopic (exact) mass is 386 g/mol. The van der Waals surface area contributed by atoms with Crippen LogP contribution in [0, 0.1) is 11.8 Å². The summed E-state index contributed by atoms with van der Waals surface area (Å²) in [7, 11) is 1.60. The zero-order valence-corrected chi connectivity index (χ0v) is 16.2. The number of amides is 1. The Morgan fingerprint density at radius 2 is 2.00 bits per heavy atom. The number of aryl methyl sites for hydroxylation is 1. The van der Waals surface area contributed by atoms with E-state index >= 15 is 0 Å². The van der Waals surface area contributed by atoms with Crippen molar-refractivity contribution >= 4 is 29.9 Å². The molecular formula is C19H28Cl2N2O2. The lowest BCUT2D eigenvalue weighted by Crippen LogP contribution is -2.53. The highest BCUT2D eigenvalue weighted by Gasteiger charge is 2.39. The molecule has 1 aromatic carbocycles. The van der Waals surface area contributed by atoms with Crippen molar-refractivity contribution in [3.05, 3.63) is 28.8 Å². The highest BCUT2D eigenvalue weighted by Crippen LogP contribution is 2.39.